The number of carbonyl (C=O) groups is 3. The number of hydrogen-bond acceptors (Lipinski definition) is 5. The highest BCUT2D eigenvalue weighted by Crippen LogP contribution is 2.27. The molecular formula is C18H24N4O4. The van der Waals surface area contributed by atoms with Crippen molar-refractivity contribution in [2.75, 3.05) is 7.11 Å². The predicted molar refractivity (Wildman–Crippen MR) is 96.7 cm³/mol. The number of ether oxygens (including phenoxy) is 1. The summed E-state index contributed by atoms with van der Waals surface area (Å²) in [5.41, 5.74) is 5.72. The first kappa shape index (κ1) is 19.4. The van der Waals surface area contributed by atoms with Gasteiger partial charge in [0.1, 0.15) is 5.54 Å². The van der Waals surface area contributed by atoms with Crippen molar-refractivity contribution < 1.29 is 19.1 Å². The van der Waals surface area contributed by atoms with Gasteiger partial charge in [-0.05, 0) is 31.9 Å². The molecule has 140 valence electrons. The monoisotopic (exact) mass is 360 g/mol. The van der Waals surface area contributed by atoms with E-state index >= 15 is 0 Å². The number of rotatable bonds is 5. The summed E-state index contributed by atoms with van der Waals surface area (Å²) in [5.74, 6) is -2.14. The van der Waals surface area contributed by atoms with E-state index < -0.39 is 23.3 Å². The summed E-state index contributed by atoms with van der Waals surface area (Å²) in [5, 5.41) is 7.55. The van der Waals surface area contributed by atoms with Gasteiger partial charge in [0.2, 0.25) is 5.91 Å². The summed E-state index contributed by atoms with van der Waals surface area (Å²) in [6.07, 6.45) is 0. The van der Waals surface area contributed by atoms with Crippen LogP contribution in [0.25, 0.3) is 10.9 Å². The number of esters is 1. The molecule has 2 aromatic rings. The largest absolute Gasteiger partial charge is 0.465 e. The number of aryl methyl sites for hydroxylation is 2. The van der Waals surface area contributed by atoms with E-state index in [1.165, 1.54) is 13.2 Å². The lowest BCUT2D eigenvalue weighted by Gasteiger charge is -2.31. The van der Waals surface area contributed by atoms with Gasteiger partial charge in [0, 0.05) is 12.4 Å². The summed E-state index contributed by atoms with van der Waals surface area (Å²) in [6, 6.07) is 3.22. The topological polar surface area (TPSA) is 116 Å². The van der Waals surface area contributed by atoms with Crippen molar-refractivity contribution in [3.63, 3.8) is 0 Å². The molecule has 1 unspecified atom stereocenters. The lowest BCUT2D eigenvalue weighted by molar-refractivity contribution is -0.125. The Bertz CT molecular complexity index is 900. The summed E-state index contributed by atoms with van der Waals surface area (Å²) >= 11 is 0. The van der Waals surface area contributed by atoms with Gasteiger partial charge in [-0.1, -0.05) is 13.8 Å². The highest BCUT2D eigenvalue weighted by molar-refractivity contribution is 6.15. The molecule has 2 rings (SSSR count). The van der Waals surface area contributed by atoms with Gasteiger partial charge >= 0.3 is 5.97 Å². The Morgan fingerprint density at radius 1 is 1.31 bits per heavy atom. The van der Waals surface area contributed by atoms with Crippen LogP contribution in [0.4, 0.5) is 0 Å². The van der Waals surface area contributed by atoms with Crippen LogP contribution in [0, 0.1) is 12.8 Å². The number of primary amides is 1. The van der Waals surface area contributed by atoms with Crippen LogP contribution in [0.2, 0.25) is 0 Å². The standard InChI is InChI=1S/C18H24N4O4/c1-9(2)18(4,17(19)25)20-15(23)14-11(16(24)26-6)7-8-12-13(14)10(3)21-22(12)5/h7-9H,1-6H3,(H2,19,25)(H,20,23). The second-order valence-corrected chi connectivity index (χ2v) is 6.76. The second-order valence-electron chi connectivity index (χ2n) is 6.76. The smallest absolute Gasteiger partial charge is 0.338 e. The summed E-state index contributed by atoms with van der Waals surface area (Å²) in [6.45, 7) is 6.87. The van der Waals surface area contributed by atoms with E-state index in [1.54, 1.807) is 45.5 Å². The number of benzene rings is 1. The van der Waals surface area contributed by atoms with Crippen LogP contribution in [0.1, 0.15) is 47.2 Å². The van der Waals surface area contributed by atoms with E-state index in [-0.39, 0.29) is 17.0 Å². The Morgan fingerprint density at radius 2 is 1.92 bits per heavy atom. The highest BCUT2D eigenvalue weighted by atomic mass is 16.5. The van der Waals surface area contributed by atoms with Crippen molar-refractivity contribution >= 4 is 28.7 Å². The van der Waals surface area contributed by atoms with Crippen LogP contribution < -0.4 is 11.1 Å². The fourth-order valence-electron chi connectivity index (χ4n) is 2.86. The lowest BCUT2D eigenvalue weighted by Crippen LogP contribution is -2.58. The maximum Gasteiger partial charge on any atom is 0.338 e. The van der Waals surface area contributed by atoms with Gasteiger partial charge in [0.15, 0.2) is 0 Å². The molecule has 8 nitrogen and oxygen atoms in total. The van der Waals surface area contributed by atoms with Crippen molar-refractivity contribution in [2.24, 2.45) is 18.7 Å². The fourth-order valence-corrected chi connectivity index (χ4v) is 2.86. The minimum Gasteiger partial charge on any atom is -0.465 e. The molecule has 0 bridgehead atoms. The molecule has 3 N–H and O–H groups in total. The van der Waals surface area contributed by atoms with E-state index in [2.05, 4.69) is 10.4 Å². The van der Waals surface area contributed by atoms with Gasteiger partial charge in [-0.15, -0.1) is 0 Å². The van der Waals surface area contributed by atoms with E-state index in [9.17, 15) is 14.4 Å². The zero-order chi connectivity index (χ0) is 19.8. The normalized spacial score (nSPS) is 13.5. The van der Waals surface area contributed by atoms with Gasteiger partial charge < -0.3 is 15.8 Å². The van der Waals surface area contributed by atoms with Crippen LogP contribution in [0.15, 0.2) is 12.1 Å². The highest BCUT2D eigenvalue weighted by Gasteiger charge is 2.38. The number of carbonyl (C=O) groups excluding carboxylic acids is 3. The van der Waals surface area contributed by atoms with Crippen molar-refractivity contribution in [3.05, 3.63) is 29.0 Å². The van der Waals surface area contributed by atoms with Crippen molar-refractivity contribution in [1.29, 1.82) is 0 Å². The average Bonchev–Trinajstić information content (AvgIpc) is 2.87. The molecule has 0 aliphatic rings. The Kier molecular flexibility index (Phi) is 5.06. The number of methoxy groups -OCH3 is 1. The molecule has 0 fully saturated rings. The lowest BCUT2D eigenvalue weighted by atomic mass is 9.87. The van der Waals surface area contributed by atoms with Crippen LogP contribution in [0.5, 0.6) is 0 Å². The predicted octanol–water partition coefficient (Wildman–Crippen LogP) is 1.30. The molecule has 0 saturated carbocycles. The summed E-state index contributed by atoms with van der Waals surface area (Å²) < 4.78 is 6.43. The molecule has 0 spiro atoms. The Balaban J connectivity index is 2.71. The van der Waals surface area contributed by atoms with E-state index in [0.29, 0.717) is 16.6 Å². The summed E-state index contributed by atoms with van der Waals surface area (Å²) in [7, 11) is 2.99. The number of fused-ring (bicyclic) bond motifs is 1. The maximum atomic E-state index is 13.1. The number of nitrogens with two attached hydrogens (primary N) is 1. The van der Waals surface area contributed by atoms with Gasteiger partial charge in [0.05, 0.1) is 29.4 Å². The average molecular weight is 360 g/mol. The zero-order valence-electron chi connectivity index (χ0n) is 15.8. The Labute approximate surface area is 151 Å². The molecule has 0 saturated heterocycles. The third-order valence-electron chi connectivity index (χ3n) is 4.87. The molecule has 1 aromatic heterocycles. The van der Waals surface area contributed by atoms with Crippen molar-refractivity contribution in [3.8, 4) is 0 Å². The molecule has 26 heavy (non-hydrogen) atoms. The Hall–Kier alpha value is -2.90. The number of amides is 2. The molecule has 1 aromatic carbocycles. The van der Waals surface area contributed by atoms with E-state index in [1.807, 2.05) is 0 Å². The van der Waals surface area contributed by atoms with E-state index in [4.69, 9.17) is 10.5 Å². The van der Waals surface area contributed by atoms with Crippen LogP contribution in [0.3, 0.4) is 0 Å². The minimum absolute atomic E-state index is 0.101. The second kappa shape index (κ2) is 6.78. The van der Waals surface area contributed by atoms with Crippen LogP contribution >= 0.6 is 0 Å². The molecular weight excluding hydrogens is 336 g/mol. The van der Waals surface area contributed by atoms with Crippen LogP contribution in [-0.4, -0.2) is 40.2 Å². The third kappa shape index (κ3) is 3.02. The number of nitrogens with zero attached hydrogens (tertiary/aromatic N) is 2. The van der Waals surface area contributed by atoms with Gasteiger partial charge in [-0.3, -0.25) is 14.3 Å². The summed E-state index contributed by atoms with van der Waals surface area (Å²) in [4.78, 5) is 37.3. The molecule has 2 amide bonds. The zero-order valence-corrected chi connectivity index (χ0v) is 15.8. The first-order valence-electron chi connectivity index (χ1n) is 8.21. The fraction of sp³-hybridized carbons (Fsp3) is 0.444. The van der Waals surface area contributed by atoms with Gasteiger partial charge in [-0.25, -0.2) is 4.79 Å². The molecule has 0 radical (unpaired) electrons. The van der Waals surface area contributed by atoms with Crippen molar-refractivity contribution in [2.45, 2.75) is 33.2 Å². The molecule has 0 aliphatic heterocycles. The molecule has 1 heterocycles. The first-order chi connectivity index (χ1) is 12.0. The third-order valence-corrected chi connectivity index (χ3v) is 4.87. The quantitative estimate of drug-likeness (QED) is 0.780. The number of aromatic nitrogens is 2. The van der Waals surface area contributed by atoms with E-state index in [0.717, 1.165) is 0 Å². The van der Waals surface area contributed by atoms with Gasteiger partial charge in [-0.2, -0.15) is 5.10 Å². The Morgan fingerprint density at radius 3 is 2.42 bits per heavy atom. The number of hydrogen-bond donors (Lipinski definition) is 2. The maximum absolute atomic E-state index is 13.1. The van der Waals surface area contributed by atoms with Crippen molar-refractivity contribution in [1.82, 2.24) is 15.1 Å². The van der Waals surface area contributed by atoms with Crippen LogP contribution in [-0.2, 0) is 16.6 Å². The molecule has 8 heteroatoms. The SMILES string of the molecule is COC(=O)c1ccc2c(c(C)nn2C)c1C(=O)NC(C)(C(N)=O)C(C)C. The molecule has 1 atom stereocenters. The van der Waals surface area contributed by atoms with Gasteiger partial charge in [0.25, 0.3) is 5.91 Å². The number of nitrogens with one attached hydrogen (secondary N) is 1. The molecule has 0 aliphatic carbocycles. The minimum atomic E-state index is -1.28. The first-order valence-corrected chi connectivity index (χ1v) is 8.21.